The molecule has 2 aliphatic rings. The van der Waals surface area contributed by atoms with Crippen LogP contribution >= 0.6 is 0 Å². The lowest BCUT2D eigenvalue weighted by atomic mass is 9.89. The zero-order chi connectivity index (χ0) is 30.8. The van der Waals surface area contributed by atoms with Crippen LogP contribution < -0.4 is 16.1 Å². The van der Waals surface area contributed by atoms with Gasteiger partial charge in [-0.05, 0) is 64.2 Å². The van der Waals surface area contributed by atoms with Gasteiger partial charge in [-0.3, -0.25) is 24.2 Å². The van der Waals surface area contributed by atoms with E-state index in [0.29, 0.717) is 24.1 Å². The van der Waals surface area contributed by atoms with Crippen LogP contribution in [0.5, 0.6) is 0 Å². The number of ether oxygens (including phenoxy) is 1. The highest BCUT2D eigenvalue weighted by molar-refractivity contribution is 5.94. The Balaban J connectivity index is 1.73. The Labute approximate surface area is 246 Å². The molecule has 2 aliphatic heterocycles. The fourth-order valence-electron chi connectivity index (χ4n) is 4.95. The molecule has 0 radical (unpaired) electrons. The van der Waals surface area contributed by atoms with Crippen LogP contribution in [0.1, 0.15) is 71.7 Å². The first-order valence-electron chi connectivity index (χ1n) is 14.4. The van der Waals surface area contributed by atoms with Crippen LogP contribution in [0.3, 0.4) is 0 Å². The molecule has 1 fully saturated rings. The van der Waals surface area contributed by atoms with Crippen LogP contribution in [0.25, 0.3) is 17.0 Å². The molecule has 1 saturated heterocycles. The predicted octanol–water partition coefficient (Wildman–Crippen LogP) is 2.39. The van der Waals surface area contributed by atoms with Gasteiger partial charge in [0, 0.05) is 11.9 Å². The first-order valence-corrected chi connectivity index (χ1v) is 14.4. The molecular formula is C31H41N5O6. The van der Waals surface area contributed by atoms with Gasteiger partial charge < -0.3 is 20.5 Å². The second-order valence-electron chi connectivity index (χ2n) is 12.1. The van der Waals surface area contributed by atoms with Crippen molar-refractivity contribution in [3.8, 4) is 0 Å². The number of esters is 1. The van der Waals surface area contributed by atoms with E-state index >= 15 is 0 Å². The summed E-state index contributed by atoms with van der Waals surface area (Å²) in [5, 5.41) is 18.1. The van der Waals surface area contributed by atoms with Crippen molar-refractivity contribution in [3.63, 3.8) is 0 Å². The third-order valence-corrected chi connectivity index (χ3v) is 7.74. The van der Waals surface area contributed by atoms with Crippen LogP contribution in [-0.2, 0) is 23.9 Å². The highest BCUT2D eigenvalue weighted by Gasteiger charge is 2.38. The van der Waals surface area contributed by atoms with Crippen LogP contribution in [0, 0.1) is 11.3 Å². The summed E-state index contributed by atoms with van der Waals surface area (Å²) in [7, 11) is 0. The molecule has 0 aliphatic carbocycles. The van der Waals surface area contributed by atoms with Crippen molar-refractivity contribution in [3.05, 3.63) is 47.7 Å². The van der Waals surface area contributed by atoms with Crippen LogP contribution in [0.4, 0.5) is 0 Å². The highest BCUT2D eigenvalue weighted by Crippen LogP contribution is 2.25. The number of rotatable bonds is 2. The van der Waals surface area contributed by atoms with E-state index in [9.17, 15) is 24.3 Å². The summed E-state index contributed by atoms with van der Waals surface area (Å²) in [5.74, 6) is -2.41. The van der Waals surface area contributed by atoms with Crippen LogP contribution in [0.2, 0.25) is 0 Å². The number of amides is 3. The molecular weight excluding hydrogens is 538 g/mol. The lowest BCUT2D eigenvalue weighted by molar-refractivity contribution is -0.157. The summed E-state index contributed by atoms with van der Waals surface area (Å²) in [6.07, 6.45) is 2.65. The second kappa shape index (κ2) is 12.6. The Morgan fingerprint density at radius 3 is 2.45 bits per heavy atom. The second-order valence-corrected chi connectivity index (χ2v) is 12.1. The molecule has 11 nitrogen and oxygen atoms in total. The standard InChI is InChI=1S/C31H41N5O6/c1-17(2)25-27(38)33-26(18(3)37)28(39)36-15-7-8-23(35-36)29(40)42-19(4)22-12-11-21-10-9-20(16-24(21)32-22)13-14-31(5,6)30(41)34-25/h9-14,16-19,23,25-26,35,37H,7-8,15H2,1-6H3,(H,33,38)(H,34,41)/b14-13+/t18-,19-,23+,25+,26+/m1/s1. The van der Waals surface area contributed by atoms with Gasteiger partial charge in [0.1, 0.15) is 24.2 Å². The third kappa shape index (κ3) is 6.96. The first kappa shape index (κ1) is 31.1. The molecule has 11 heteroatoms. The topological polar surface area (TPSA) is 150 Å². The number of carbonyl (C=O) groups excluding carboxylic acids is 4. The van der Waals surface area contributed by atoms with E-state index in [1.54, 1.807) is 40.7 Å². The monoisotopic (exact) mass is 579 g/mol. The molecule has 5 atom stereocenters. The highest BCUT2D eigenvalue weighted by atomic mass is 16.5. The van der Waals surface area contributed by atoms with Gasteiger partial charge in [0.05, 0.1) is 22.7 Å². The maximum absolute atomic E-state index is 13.5. The Hall–Kier alpha value is -3.83. The number of hydrogen-bond acceptors (Lipinski definition) is 8. The van der Waals surface area contributed by atoms with E-state index in [2.05, 4.69) is 16.1 Å². The van der Waals surface area contributed by atoms with Crippen molar-refractivity contribution in [2.75, 3.05) is 6.54 Å². The van der Waals surface area contributed by atoms with Crippen LogP contribution in [-0.4, -0.2) is 69.6 Å². The van der Waals surface area contributed by atoms with Gasteiger partial charge in [0.25, 0.3) is 5.91 Å². The van der Waals surface area contributed by atoms with Gasteiger partial charge >= 0.3 is 5.97 Å². The zero-order valence-electron chi connectivity index (χ0n) is 25.0. The predicted molar refractivity (Wildman–Crippen MR) is 157 cm³/mol. The summed E-state index contributed by atoms with van der Waals surface area (Å²) >= 11 is 0. The third-order valence-electron chi connectivity index (χ3n) is 7.74. The Morgan fingerprint density at radius 1 is 1.05 bits per heavy atom. The van der Waals surface area contributed by atoms with Crippen LogP contribution in [0.15, 0.2) is 36.4 Å². The Kier molecular flexibility index (Phi) is 9.32. The average molecular weight is 580 g/mol. The summed E-state index contributed by atoms with van der Waals surface area (Å²) < 4.78 is 5.74. The number of hydrogen-bond donors (Lipinski definition) is 4. The molecule has 0 saturated carbocycles. The van der Waals surface area contributed by atoms with E-state index in [0.717, 1.165) is 10.9 Å². The van der Waals surface area contributed by atoms with E-state index in [4.69, 9.17) is 9.72 Å². The molecule has 3 heterocycles. The maximum Gasteiger partial charge on any atom is 0.325 e. The molecule has 0 spiro atoms. The van der Waals surface area contributed by atoms with Crippen molar-refractivity contribution in [1.82, 2.24) is 26.1 Å². The molecule has 5 bridgehead atoms. The molecule has 4 rings (SSSR count). The number of pyridine rings is 1. The summed E-state index contributed by atoms with van der Waals surface area (Å²) in [5.41, 5.74) is 4.04. The molecule has 2 aromatic rings. The fraction of sp³-hybridized carbons (Fsp3) is 0.516. The molecule has 4 N–H and O–H groups in total. The number of nitrogens with zero attached hydrogens (tertiary/aromatic N) is 2. The van der Waals surface area contributed by atoms with E-state index in [1.165, 1.54) is 11.9 Å². The number of nitrogens with one attached hydrogen (secondary N) is 3. The molecule has 0 unspecified atom stereocenters. The summed E-state index contributed by atoms with van der Waals surface area (Å²) in [4.78, 5) is 58.1. The van der Waals surface area contributed by atoms with Crippen molar-refractivity contribution in [2.45, 2.75) is 84.7 Å². The van der Waals surface area contributed by atoms with Crippen molar-refractivity contribution >= 4 is 40.7 Å². The molecule has 3 amide bonds. The minimum absolute atomic E-state index is 0.274. The Bertz CT molecular complexity index is 1390. The fourth-order valence-corrected chi connectivity index (χ4v) is 4.95. The summed E-state index contributed by atoms with van der Waals surface area (Å²) in [6, 6.07) is 6.40. The number of hydrazine groups is 1. The number of carbonyl (C=O) groups is 4. The number of aliphatic hydroxyl groups excluding tert-OH is 1. The van der Waals surface area contributed by atoms with Gasteiger partial charge in [0.2, 0.25) is 11.8 Å². The normalized spacial score (nSPS) is 27.3. The quantitative estimate of drug-likeness (QED) is 0.396. The van der Waals surface area contributed by atoms with Gasteiger partial charge in [-0.15, -0.1) is 0 Å². The Morgan fingerprint density at radius 2 is 1.76 bits per heavy atom. The SMILES string of the molecule is CC(C)[C@@H]1NC(=O)C(C)(C)/C=C/c2ccc3ccc(nc3c2)[C@@H](C)OC(=O)[C@@H]2CCCN(N2)C(=O)[C@H]([C@@H](C)O)NC1=O. The summed E-state index contributed by atoms with van der Waals surface area (Å²) in [6.45, 7) is 10.5. The zero-order valence-corrected chi connectivity index (χ0v) is 25.0. The minimum Gasteiger partial charge on any atom is -0.455 e. The maximum atomic E-state index is 13.5. The van der Waals surface area contributed by atoms with E-state index < -0.39 is 53.5 Å². The van der Waals surface area contributed by atoms with Gasteiger partial charge in [0.15, 0.2) is 0 Å². The van der Waals surface area contributed by atoms with Gasteiger partial charge in [-0.1, -0.05) is 44.2 Å². The molecule has 42 heavy (non-hydrogen) atoms. The minimum atomic E-state index is -1.30. The molecule has 1 aromatic heterocycles. The number of benzene rings is 1. The molecule has 226 valence electrons. The first-order chi connectivity index (χ1) is 19.8. The number of fused-ring (bicyclic) bond motifs is 4. The van der Waals surface area contributed by atoms with Gasteiger partial charge in [-0.2, -0.15) is 0 Å². The number of cyclic esters (lactones) is 1. The van der Waals surface area contributed by atoms with Crippen molar-refractivity contribution in [1.29, 1.82) is 0 Å². The van der Waals surface area contributed by atoms with E-state index in [-0.39, 0.29) is 18.4 Å². The van der Waals surface area contributed by atoms with Crippen molar-refractivity contribution in [2.24, 2.45) is 11.3 Å². The van der Waals surface area contributed by atoms with Gasteiger partial charge in [-0.25, -0.2) is 10.4 Å². The lowest BCUT2D eigenvalue weighted by Crippen LogP contribution is -2.64. The average Bonchev–Trinajstić information content (AvgIpc) is 2.95. The number of aromatic nitrogens is 1. The van der Waals surface area contributed by atoms with Crippen molar-refractivity contribution < 1.29 is 29.0 Å². The van der Waals surface area contributed by atoms with E-state index in [1.807, 2.05) is 36.4 Å². The smallest absolute Gasteiger partial charge is 0.325 e. The molecule has 1 aromatic carbocycles. The number of aliphatic hydroxyl groups is 1. The largest absolute Gasteiger partial charge is 0.455 e. The lowest BCUT2D eigenvalue weighted by Gasteiger charge is -2.36.